The van der Waals surface area contributed by atoms with Crippen molar-refractivity contribution in [2.24, 2.45) is 5.73 Å². The van der Waals surface area contributed by atoms with Crippen LogP contribution in [0.3, 0.4) is 0 Å². The molecule has 1 aromatic rings. The van der Waals surface area contributed by atoms with E-state index in [2.05, 4.69) is 0 Å². The van der Waals surface area contributed by atoms with Gasteiger partial charge in [-0.1, -0.05) is 0 Å². The summed E-state index contributed by atoms with van der Waals surface area (Å²) in [7, 11) is 3.12. The van der Waals surface area contributed by atoms with Crippen LogP contribution in [0.25, 0.3) is 0 Å². The van der Waals surface area contributed by atoms with Crippen molar-refractivity contribution in [1.82, 2.24) is 0 Å². The van der Waals surface area contributed by atoms with Gasteiger partial charge in [0, 0.05) is 18.0 Å². The average Bonchev–Trinajstić information content (AvgIpc) is 2.38. The number of aliphatic carboxylic acids is 1. The molecule has 0 radical (unpaired) electrons. The maximum Gasteiger partial charge on any atom is 0.303 e. The summed E-state index contributed by atoms with van der Waals surface area (Å²) in [4.78, 5) is 10.7. The lowest BCUT2D eigenvalue weighted by atomic mass is 9.93. The molecule has 106 valence electrons. The monoisotopic (exact) mass is 267 g/mol. The van der Waals surface area contributed by atoms with E-state index in [-0.39, 0.29) is 12.5 Å². The summed E-state index contributed by atoms with van der Waals surface area (Å²) in [5.74, 6) is 0.349. The molecular weight excluding hydrogens is 246 g/mol. The molecule has 19 heavy (non-hydrogen) atoms. The summed E-state index contributed by atoms with van der Waals surface area (Å²) in [6, 6.07) is 1.50. The van der Waals surface area contributed by atoms with Crippen molar-refractivity contribution in [1.29, 1.82) is 0 Å². The number of aryl methyl sites for hydroxylation is 1. The van der Waals surface area contributed by atoms with Crippen LogP contribution in [0.1, 0.15) is 35.6 Å². The molecule has 0 aliphatic rings. The number of carboxylic acid groups (broad SMARTS) is 1. The van der Waals surface area contributed by atoms with Gasteiger partial charge in [-0.15, -0.1) is 0 Å². The van der Waals surface area contributed by atoms with E-state index in [1.807, 2.05) is 19.9 Å². The van der Waals surface area contributed by atoms with Crippen molar-refractivity contribution >= 4 is 5.97 Å². The van der Waals surface area contributed by atoms with Crippen LogP contribution in [0.2, 0.25) is 0 Å². The highest BCUT2D eigenvalue weighted by Gasteiger charge is 2.21. The fourth-order valence-electron chi connectivity index (χ4n) is 2.12. The first-order valence-corrected chi connectivity index (χ1v) is 6.11. The first kappa shape index (κ1) is 15.3. The van der Waals surface area contributed by atoms with Crippen LogP contribution in [0.5, 0.6) is 11.5 Å². The third-order valence-corrected chi connectivity index (χ3v) is 3.28. The minimum absolute atomic E-state index is 0.0278. The normalized spacial score (nSPS) is 12.1. The summed E-state index contributed by atoms with van der Waals surface area (Å²) in [6.07, 6.45) is 0.388. The fourth-order valence-corrected chi connectivity index (χ4v) is 2.12. The van der Waals surface area contributed by atoms with Gasteiger partial charge in [0.1, 0.15) is 0 Å². The zero-order chi connectivity index (χ0) is 14.6. The minimum Gasteiger partial charge on any atom is -0.493 e. The average molecular weight is 267 g/mol. The van der Waals surface area contributed by atoms with Crippen LogP contribution in [0.4, 0.5) is 0 Å². The second-order valence-electron chi connectivity index (χ2n) is 4.51. The number of carbonyl (C=O) groups is 1. The van der Waals surface area contributed by atoms with E-state index < -0.39 is 5.97 Å². The largest absolute Gasteiger partial charge is 0.493 e. The summed E-state index contributed by atoms with van der Waals surface area (Å²) in [5, 5.41) is 8.75. The number of carboxylic acids is 1. The van der Waals surface area contributed by atoms with Crippen molar-refractivity contribution in [3.8, 4) is 11.5 Å². The third kappa shape index (κ3) is 3.38. The molecule has 3 N–H and O–H groups in total. The Morgan fingerprint density at radius 2 is 2.00 bits per heavy atom. The number of hydrogen-bond donors (Lipinski definition) is 2. The molecule has 5 heteroatoms. The molecule has 5 nitrogen and oxygen atoms in total. The first-order chi connectivity index (χ1) is 8.92. The molecule has 1 aromatic carbocycles. The molecule has 0 bridgehead atoms. The van der Waals surface area contributed by atoms with Crippen molar-refractivity contribution in [2.75, 3.05) is 14.2 Å². The number of benzene rings is 1. The van der Waals surface area contributed by atoms with Gasteiger partial charge >= 0.3 is 5.97 Å². The van der Waals surface area contributed by atoms with Crippen molar-refractivity contribution < 1.29 is 19.4 Å². The van der Waals surface area contributed by atoms with Crippen LogP contribution in [0.15, 0.2) is 6.07 Å². The lowest BCUT2D eigenvalue weighted by Crippen LogP contribution is -2.16. The molecule has 1 rings (SSSR count). The first-order valence-electron chi connectivity index (χ1n) is 6.11. The van der Waals surface area contributed by atoms with E-state index in [1.165, 1.54) is 0 Å². The van der Waals surface area contributed by atoms with Crippen LogP contribution in [-0.4, -0.2) is 25.3 Å². The molecule has 0 aliphatic heterocycles. The van der Waals surface area contributed by atoms with Gasteiger partial charge < -0.3 is 20.3 Å². The highest BCUT2D eigenvalue weighted by Crippen LogP contribution is 2.39. The maximum absolute atomic E-state index is 10.7. The van der Waals surface area contributed by atoms with E-state index in [4.69, 9.17) is 20.3 Å². The third-order valence-electron chi connectivity index (χ3n) is 3.28. The lowest BCUT2D eigenvalue weighted by Gasteiger charge is -2.21. The Bertz CT molecular complexity index is 471. The van der Waals surface area contributed by atoms with E-state index in [9.17, 15) is 4.79 Å². The van der Waals surface area contributed by atoms with Gasteiger partial charge in [0.25, 0.3) is 0 Å². The van der Waals surface area contributed by atoms with E-state index in [0.29, 0.717) is 17.9 Å². The summed E-state index contributed by atoms with van der Waals surface area (Å²) >= 11 is 0. The van der Waals surface area contributed by atoms with Gasteiger partial charge in [-0.25, -0.2) is 0 Å². The second-order valence-corrected chi connectivity index (χ2v) is 4.51. The highest BCUT2D eigenvalue weighted by atomic mass is 16.5. The van der Waals surface area contributed by atoms with Gasteiger partial charge in [0.15, 0.2) is 11.5 Å². The Morgan fingerprint density at radius 1 is 1.37 bits per heavy atom. The fraction of sp³-hybridized carbons (Fsp3) is 0.500. The Hall–Kier alpha value is -1.75. The van der Waals surface area contributed by atoms with E-state index in [1.54, 1.807) is 14.2 Å². The summed E-state index contributed by atoms with van der Waals surface area (Å²) in [5.41, 5.74) is 8.98. The number of rotatable bonds is 6. The lowest BCUT2D eigenvalue weighted by molar-refractivity contribution is -0.137. The Morgan fingerprint density at radius 3 is 2.47 bits per heavy atom. The highest BCUT2D eigenvalue weighted by molar-refractivity contribution is 5.67. The van der Waals surface area contributed by atoms with Crippen molar-refractivity contribution in [3.63, 3.8) is 0 Å². The number of methoxy groups -OCH3 is 2. The molecule has 0 heterocycles. The van der Waals surface area contributed by atoms with Crippen LogP contribution >= 0.6 is 0 Å². The number of hydrogen-bond acceptors (Lipinski definition) is 4. The molecule has 0 saturated carbocycles. The van der Waals surface area contributed by atoms with Gasteiger partial charge in [0.05, 0.1) is 14.2 Å². The van der Waals surface area contributed by atoms with Crippen molar-refractivity contribution in [3.05, 3.63) is 22.8 Å². The Labute approximate surface area is 113 Å². The van der Waals surface area contributed by atoms with Crippen LogP contribution < -0.4 is 15.2 Å². The second kappa shape index (κ2) is 6.43. The van der Waals surface area contributed by atoms with E-state index in [0.717, 1.165) is 16.7 Å². The molecule has 0 aliphatic carbocycles. The predicted molar refractivity (Wildman–Crippen MR) is 72.8 cm³/mol. The molecule has 1 atom stereocenters. The molecular formula is C14H21NO4. The van der Waals surface area contributed by atoms with Crippen LogP contribution in [-0.2, 0) is 4.79 Å². The molecule has 0 saturated heterocycles. The Kier molecular flexibility index (Phi) is 5.18. The maximum atomic E-state index is 10.7. The van der Waals surface area contributed by atoms with Crippen LogP contribution in [0, 0.1) is 13.8 Å². The summed E-state index contributed by atoms with van der Waals surface area (Å²) < 4.78 is 10.7. The Balaban J connectivity index is 3.22. The molecule has 0 aromatic heterocycles. The van der Waals surface area contributed by atoms with Gasteiger partial charge in [0.2, 0.25) is 0 Å². The van der Waals surface area contributed by atoms with Gasteiger partial charge in [-0.3, -0.25) is 4.79 Å². The standard InChI is InChI=1S/C14H21NO4/c1-8-7-11(18-3)14(19-4)13(9(8)2)10(15)5-6-12(16)17/h7,10H,5-6,15H2,1-4H3,(H,16,17). The molecule has 0 fully saturated rings. The number of nitrogens with two attached hydrogens (primary N) is 1. The minimum atomic E-state index is -0.855. The molecule has 0 amide bonds. The van der Waals surface area contributed by atoms with E-state index >= 15 is 0 Å². The zero-order valence-corrected chi connectivity index (χ0v) is 11.8. The van der Waals surface area contributed by atoms with Gasteiger partial charge in [-0.05, 0) is 37.5 Å². The SMILES string of the molecule is COc1cc(C)c(C)c(C(N)CCC(=O)O)c1OC. The molecule has 0 spiro atoms. The molecule has 1 unspecified atom stereocenters. The topological polar surface area (TPSA) is 81.8 Å². The summed E-state index contributed by atoms with van der Waals surface area (Å²) in [6.45, 7) is 3.91. The smallest absolute Gasteiger partial charge is 0.303 e. The van der Waals surface area contributed by atoms with Crippen molar-refractivity contribution in [2.45, 2.75) is 32.7 Å². The zero-order valence-electron chi connectivity index (χ0n) is 11.8. The quantitative estimate of drug-likeness (QED) is 0.825. The predicted octanol–water partition coefficient (Wildman–Crippen LogP) is 2.19. The van der Waals surface area contributed by atoms with Gasteiger partial charge in [-0.2, -0.15) is 0 Å². The number of ether oxygens (including phenoxy) is 2.